The lowest BCUT2D eigenvalue weighted by Crippen LogP contribution is -2.50. The Bertz CT molecular complexity index is 383. The molecule has 1 aliphatic heterocycles. The first-order chi connectivity index (χ1) is 8.63. The number of aryl methyl sites for hydroxylation is 1. The minimum Gasteiger partial charge on any atom is -0.354 e. The first-order valence-corrected chi connectivity index (χ1v) is 6.79. The van der Waals surface area contributed by atoms with Crippen LogP contribution in [0.5, 0.6) is 0 Å². The van der Waals surface area contributed by atoms with Crippen molar-refractivity contribution in [1.82, 2.24) is 9.88 Å². The number of rotatable bonds is 3. The Balaban J connectivity index is 2.22. The summed E-state index contributed by atoms with van der Waals surface area (Å²) in [5, 5.41) is 0. The van der Waals surface area contributed by atoms with Crippen LogP contribution >= 0.6 is 0 Å². The van der Waals surface area contributed by atoms with Crippen LogP contribution in [0.25, 0.3) is 0 Å². The third-order valence-electron chi connectivity index (χ3n) is 3.81. The van der Waals surface area contributed by atoms with E-state index in [4.69, 9.17) is 10.7 Å². The van der Waals surface area contributed by atoms with E-state index in [1.54, 1.807) is 0 Å². The van der Waals surface area contributed by atoms with Gasteiger partial charge in [0.05, 0.1) is 0 Å². The maximum Gasteiger partial charge on any atom is 0.129 e. The van der Waals surface area contributed by atoms with Crippen LogP contribution in [0, 0.1) is 0 Å². The smallest absolute Gasteiger partial charge is 0.129 e. The summed E-state index contributed by atoms with van der Waals surface area (Å²) in [6, 6.07) is 4.83. The van der Waals surface area contributed by atoms with Crippen LogP contribution in [0.2, 0.25) is 0 Å². The molecule has 1 aliphatic rings. The lowest BCUT2D eigenvalue weighted by Gasteiger charge is -2.38. The number of piperazine rings is 1. The number of hydrogen-bond acceptors (Lipinski definition) is 4. The Morgan fingerprint density at radius 3 is 2.78 bits per heavy atom. The van der Waals surface area contributed by atoms with Crippen LogP contribution < -0.4 is 10.6 Å². The minimum absolute atomic E-state index is 0.576. The van der Waals surface area contributed by atoms with Gasteiger partial charge in [-0.1, -0.05) is 6.92 Å². The molecule has 0 saturated carbocycles. The fraction of sp³-hybridized carbons (Fsp3) is 0.643. The number of likely N-dealkylation sites (N-methyl/N-ethyl adjacent to an activating group) is 1. The highest BCUT2D eigenvalue weighted by molar-refractivity contribution is 5.43. The molecule has 2 N–H and O–H groups in total. The third-order valence-corrected chi connectivity index (χ3v) is 3.81. The number of hydrogen-bond donors (Lipinski definition) is 1. The maximum absolute atomic E-state index is 5.77. The van der Waals surface area contributed by atoms with E-state index in [1.165, 1.54) is 5.56 Å². The predicted molar refractivity (Wildman–Crippen MR) is 75.8 cm³/mol. The molecule has 0 aliphatic carbocycles. The molecule has 1 aromatic heterocycles. The summed E-state index contributed by atoms with van der Waals surface area (Å²) < 4.78 is 0. The van der Waals surface area contributed by atoms with Gasteiger partial charge in [0, 0.05) is 37.9 Å². The van der Waals surface area contributed by atoms with Crippen molar-refractivity contribution >= 4 is 5.82 Å². The van der Waals surface area contributed by atoms with Gasteiger partial charge >= 0.3 is 0 Å². The molecular weight excluding hydrogens is 224 g/mol. The molecule has 1 saturated heterocycles. The first kappa shape index (κ1) is 13.3. The summed E-state index contributed by atoms with van der Waals surface area (Å²) in [7, 11) is 2.18. The molecule has 0 amide bonds. The van der Waals surface area contributed by atoms with E-state index in [9.17, 15) is 0 Å². The molecule has 1 fully saturated rings. The van der Waals surface area contributed by atoms with E-state index in [0.717, 1.165) is 37.6 Å². The SMILES string of the molecule is CCc1cc(CN)cc(N2CCN(C)C(C)C2)n1. The van der Waals surface area contributed by atoms with Crippen LogP contribution in [0.1, 0.15) is 25.1 Å². The molecule has 4 nitrogen and oxygen atoms in total. The molecule has 18 heavy (non-hydrogen) atoms. The number of aromatic nitrogens is 1. The zero-order chi connectivity index (χ0) is 13.1. The number of anilines is 1. The Morgan fingerprint density at radius 2 is 2.17 bits per heavy atom. The van der Waals surface area contributed by atoms with Crippen LogP contribution in [0.4, 0.5) is 5.82 Å². The quantitative estimate of drug-likeness (QED) is 0.874. The summed E-state index contributed by atoms with van der Waals surface area (Å²) in [5.74, 6) is 1.09. The van der Waals surface area contributed by atoms with Gasteiger partial charge in [0.15, 0.2) is 0 Å². The summed E-state index contributed by atoms with van der Waals surface area (Å²) in [6.07, 6.45) is 0.962. The summed E-state index contributed by atoms with van der Waals surface area (Å²) in [4.78, 5) is 9.51. The van der Waals surface area contributed by atoms with Gasteiger partial charge in [-0.3, -0.25) is 0 Å². The first-order valence-electron chi connectivity index (χ1n) is 6.79. The molecule has 0 aromatic carbocycles. The molecule has 2 rings (SSSR count). The molecule has 1 atom stereocenters. The van der Waals surface area contributed by atoms with Gasteiger partial charge in [-0.25, -0.2) is 4.98 Å². The highest BCUT2D eigenvalue weighted by Gasteiger charge is 2.21. The van der Waals surface area contributed by atoms with Crippen LogP contribution in [-0.2, 0) is 13.0 Å². The zero-order valence-corrected chi connectivity index (χ0v) is 11.7. The van der Waals surface area contributed by atoms with Crippen molar-refractivity contribution in [1.29, 1.82) is 0 Å². The van der Waals surface area contributed by atoms with Crippen molar-refractivity contribution < 1.29 is 0 Å². The van der Waals surface area contributed by atoms with Crippen molar-refractivity contribution in [2.24, 2.45) is 5.73 Å². The maximum atomic E-state index is 5.77. The monoisotopic (exact) mass is 248 g/mol. The Kier molecular flexibility index (Phi) is 4.19. The molecule has 0 radical (unpaired) electrons. The van der Waals surface area contributed by atoms with E-state index >= 15 is 0 Å². The summed E-state index contributed by atoms with van der Waals surface area (Å²) in [6.45, 7) is 8.17. The van der Waals surface area contributed by atoms with Crippen molar-refractivity contribution in [3.8, 4) is 0 Å². The van der Waals surface area contributed by atoms with Crippen molar-refractivity contribution in [3.05, 3.63) is 23.4 Å². The average molecular weight is 248 g/mol. The largest absolute Gasteiger partial charge is 0.354 e. The van der Waals surface area contributed by atoms with Crippen LogP contribution in [0.15, 0.2) is 12.1 Å². The van der Waals surface area contributed by atoms with E-state index in [-0.39, 0.29) is 0 Å². The van der Waals surface area contributed by atoms with Gasteiger partial charge in [0.1, 0.15) is 5.82 Å². The highest BCUT2D eigenvalue weighted by Crippen LogP contribution is 2.19. The van der Waals surface area contributed by atoms with Gasteiger partial charge in [0.2, 0.25) is 0 Å². The van der Waals surface area contributed by atoms with Gasteiger partial charge in [-0.2, -0.15) is 0 Å². The van der Waals surface area contributed by atoms with E-state index in [2.05, 4.69) is 42.8 Å². The van der Waals surface area contributed by atoms with Crippen molar-refractivity contribution in [2.45, 2.75) is 32.9 Å². The number of pyridine rings is 1. The molecule has 1 unspecified atom stereocenters. The van der Waals surface area contributed by atoms with Gasteiger partial charge in [-0.15, -0.1) is 0 Å². The molecule has 100 valence electrons. The molecule has 0 spiro atoms. The standard InChI is InChI=1S/C14H24N4/c1-4-13-7-12(9-15)8-14(16-13)18-6-5-17(3)11(2)10-18/h7-8,11H,4-6,9-10,15H2,1-3H3. The van der Waals surface area contributed by atoms with Gasteiger partial charge in [-0.05, 0) is 38.1 Å². The molecule has 1 aromatic rings. The second-order valence-corrected chi connectivity index (χ2v) is 5.16. The van der Waals surface area contributed by atoms with E-state index in [0.29, 0.717) is 12.6 Å². The van der Waals surface area contributed by atoms with Crippen molar-refractivity contribution in [3.63, 3.8) is 0 Å². The lowest BCUT2D eigenvalue weighted by atomic mass is 10.1. The topological polar surface area (TPSA) is 45.4 Å². The van der Waals surface area contributed by atoms with Crippen LogP contribution in [-0.4, -0.2) is 42.6 Å². The molecule has 4 heteroatoms. The Morgan fingerprint density at radius 1 is 1.39 bits per heavy atom. The molecule has 2 heterocycles. The second kappa shape index (κ2) is 5.67. The zero-order valence-electron chi connectivity index (χ0n) is 11.7. The lowest BCUT2D eigenvalue weighted by molar-refractivity contribution is 0.233. The summed E-state index contributed by atoms with van der Waals surface area (Å²) >= 11 is 0. The van der Waals surface area contributed by atoms with Crippen molar-refractivity contribution in [2.75, 3.05) is 31.6 Å². The van der Waals surface area contributed by atoms with Gasteiger partial charge < -0.3 is 15.5 Å². The molecular formula is C14H24N4. The Labute approximate surface area is 110 Å². The van der Waals surface area contributed by atoms with E-state index in [1.807, 2.05) is 0 Å². The molecule has 0 bridgehead atoms. The minimum atomic E-state index is 0.576. The average Bonchev–Trinajstić information content (AvgIpc) is 2.41. The fourth-order valence-corrected chi connectivity index (χ4v) is 2.35. The highest BCUT2D eigenvalue weighted by atomic mass is 15.3. The van der Waals surface area contributed by atoms with E-state index < -0.39 is 0 Å². The predicted octanol–water partition coefficient (Wildman–Crippen LogP) is 1.24. The number of nitrogens with two attached hydrogens (primary N) is 1. The van der Waals surface area contributed by atoms with Gasteiger partial charge in [0.25, 0.3) is 0 Å². The normalized spacial score (nSPS) is 21.3. The van der Waals surface area contributed by atoms with Crippen LogP contribution in [0.3, 0.4) is 0 Å². The number of nitrogens with zero attached hydrogens (tertiary/aromatic N) is 3. The second-order valence-electron chi connectivity index (χ2n) is 5.16. The summed E-state index contributed by atoms with van der Waals surface area (Å²) in [5.41, 5.74) is 8.09. The third kappa shape index (κ3) is 2.82. The fourth-order valence-electron chi connectivity index (χ4n) is 2.35. The Hall–Kier alpha value is -1.13.